The number of allylic oxidation sites excluding steroid dienone is 2. The number of esters is 2. The van der Waals surface area contributed by atoms with E-state index in [1.807, 2.05) is 19.2 Å². The Morgan fingerprint density at radius 1 is 0.588 bits per heavy atom. The number of nitrogens with one attached hydrogen (secondary N) is 1. The van der Waals surface area contributed by atoms with Gasteiger partial charge in [0, 0.05) is 51.1 Å². The minimum atomic E-state index is -0.195. The van der Waals surface area contributed by atoms with E-state index in [0.717, 1.165) is 123 Å². The molecular formula is C43H84N4O4. The molecule has 0 unspecified atom stereocenters. The Kier molecular flexibility index (Phi) is 35.4. The number of hydrogen-bond acceptors (Lipinski definition) is 8. The quantitative estimate of drug-likeness (QED) is 0.0370. The molecule has 0 rings (SSSR count). The lowest BCUT2D eigenvalue weighted by Gasteiger charge is -2.35. The van der Waals surface area contributed by atoms with Gasteiger partial charge in [0.05, 0.1) is 0 Å². The third kappa shape index (κ3) is 35.1. The highest BCUT2D eigenvalue weighted by molar-refractivity contribution is 5.69. The minimum Gasteiger partial charge on any atom is -0.461 e. The van der Waals surface area contributed by atoms with Gasteiger partial charge in [0.2, 0.25) is 0 Å². The van der Waals surface area contributed by atoms with E-state index in [2.05, 4.69) is 55.2 Å². The smallest absolute Gasteiger partial charge is 0.306 e. The molecule has 0 fully saturated rings. The van der Waals surface area contributed by atoms with Crippen LogP contribution in [0, 0.1) is 0 Å². The Hall–Kier alpha value is -1.74. The SMILES string of the molecule is CCCCCC/C=C/COC(=O)CCCCCCCC(N)(CCCCCCCC(=O)OC/C=C/CCCCCC)CN(C)CCN(C)CCNC. The molecule has 0 saturated carbocycles. The Morgan fingerprint density at radius 3 is 1.49 bits per heavy atom. The second-order valence-corrected chi connectivity index (χ2v) is 15.1. The molecule has 0 aromatic heterocycles. The Bertz CT molecular complexity index is 798. The summed E-state index contributed by atoms with van der Waals surface area (Å²) in [6, 6.07) is 0. The number of likely N-dealkylation sites (N-methyl/N-ethyl adjacent to an activating group) is 3. The fourth-order valence-corrected chi connectivity index (χ4v) is 6.39. The Morgan fingerprint density at radius 2 is 1.02 bits per heavy atom. The lowest BCUT2D eigenvalue weighted by Crippen LogP contribution is -2.50. The van der Waals surface area contributed by atoms with E-state index < -0.39 is 0 Å². The van der Waals surface area contributed by atoms with Gasteiger partial charge in [0.1, 0.15) is 13.2 Å². The first-order chi connectivity index (χ1) is 24.8. The normalized spacial score (nSPS) is 12.2. The average molecular weight is 721 g/mol. The summed E-state index contributed by atoms with van der Waals surface area (Å²) in [6.07, 6.45) is 34.3. The van der Waals surface area contributed by atoms with Gasteiger partial charge in [-0.2, -0.15) is 0 Å². The van der Waals surface area contributed by atoms with Gasteiger partial charge in [-0.25, -0.2) is 0 Å². The van der Waals surface area contributed by atoms with Crippen LogP contribution < -0.4 is 11.1 Å². The first kappa shape index (κ1) is 49.3. The highest BCUT2D eigenvalue weighted by atomic mass is 16.5. The van der Waals surface area contributed by atoms with Crippen LogP contribution in [0.1, 0.15) is 168 Å². The van der Waals surface area contributed by atoms with E-state index in [1.54, 1.807) is 0 Å². The second-order valence-electron chi connectivity index (χ2n) is 15.1. The average Bonchev–Trinajstić information content (AvgIpc) is 3.11. The number of ether oxygens (including phenoxy) is 2. The van der Waals surface area contributed by atoms with E-state index in [4.69, 9.17) is 15.2 Å². The fraction of sp³-hybridized carbons (Fsp3) is 0.860. The Balaban J connectivity index is 4.37. The summed E-state index contributed by atoms with van der Waals surface area (Å²) in [4.78, 5) is 29.0. The van der Waals surface area contributed by atoms with Crippen molar-refractivity contribution in [2.24, 2.45) is 5.73 Å². The van der Waals surface area contributed by atoms with Gasteiger partial charge in [-0.15, -0.1) is 0 Å². The molecular weight excluding hydrogens is 636 g/mol. The number of hydrogen-bond donors (Lipinski definition) is 2. The van der Waals surface area contributed by atoms with Crippen LogP contribution in [0.2, 0.25) is 0 Å². The molecule has 0 bridgehead atoms. The van der Waals surface area contributed by atoms with Gasteiger partial charge in [-0.1, -0.05) is 128 Å². The zero-order valence-corrected chi connectivity index (χ0v) is 34.3. The zero-order valence-electron chi connectivity index (χ0n) is 34.3. The number of carbonyl (C=O) groups excluding carboxylic acids is 2. The van der Waals surface area contributed by atoms with Crippen molar-refractivity contribution in [3.8, 4) is 0 Å². The van der Waals surface area contributed by atoms with Crippen molar-refractivity contribution in [3.63, 3.8) is 0 Å². The number of carbonyl (C=O) groups is 2. The van der Waals surface area contributed by atoms with Crippen molar-refractivity contribution in [2.45, 2.75) is 173 Å². The third-order valence-corrected chi connectivity index (χ3v) is 9.77. The highest BCUT2D eigenvalue weighted by Crippen LogP contribution is 2.23. The number of nitrogens with zero attached hydrogens (tertiary/aromatic N) is 2. The molecule has 0 spiro atoms. The summed E-state index contributed by atoms with van der Waals surface area (Å²) in [6.45, 7) is 10.2. The fourth-order valence-electron chi connectivity index (χ4n) is 6.39. The molecule has 8 heteroatoms. The summed E-state index contributed by atoms with van der Waals surface area (Å²) >= 11 is 0. The topological polar surface area (TPSA) is 97.1 Å². The van der Waals surface area contributed by atoms with Crippen LogP contribution in [0.15, 0.2) is 24.3 Å². The Labute approximate surface area is 316 Å². The van der Waals surface area contributed by atoms with Crippen molar-refractivity contribution in [1.82, 2.24) is 15.1 Å². The van der Waals surface area contributed by atoms with Crippen molar-refractivity contribution in [2.75, 3.05) is 67.1 Å². The molecule has 0 aliphatic carbocycles. The number of unbranched alkanes of at least 4 members (excludes halogenated alkanes) is 16. The standard InChI is InChI=1S/C43H84N4O4/c1-6-8-10-12-14-22-28-38-50-41(48)30-24-18-16-20-26-32-43(44,40-47(5)37-36-46(4)35-34-45-3)33-27-21-17-19-25-31-42(49)51-39-29-23-15-13-11-9-7-2/h22-23,28-29,45H,6-21,24-27,30-40,44H2,1-5H3/b28-22+,29-23+. The zero-order chi connectivity index (χ0) is 37.7. The lowest BCUT2D eigenvalue weighted by molar-refractivity contribution is -0.143. The molecule has 0 saturated heterocycles. The van der Waals surface area contributed by atoms with Crippen molar-refractivity contribution in [3.05, 3.63) is 24.3 Å². The van der Waals surface area contributed by atoms with Crippen molar-refractivity contribution >= 4 is 11.9 Å². The van der Waals surface area contributed by atoms with Crippen LogP contribution in [-0.2, 0) is 19.1 Å². The van der Waals surface area contributed by atoms with Crippen LogP contribution in [0.25, 0.3) is 0 Å². The second kappa shape index (κ2) is 36.6. The lowest BCUT2D eigenvalue weighted by atomic mass is 9.86. The summed E-state index contributed by atoms with van der Waals surface area (Å²) in [5.74, 6) is -0.162. The van der Waals surface area contributed by atoms with Gasteiger partial charge in [-0.05, 0) is 72.5 Å². The molecule has 0 aliphatic heterocycles. The molecule has 3 N–H and O–H groups in total. The first-order valence-electron chi connectivity index (χ1n) is 21.2. The van der Waals surface area contributed by atoms with Crippen LogP contribution in [-0.4, -0.2) is 94.4 Å². The van der Waals surface area contributed by atoms with E-state index in [1.165, 1.54) is 51.4 Å². The van der Waals surface area contributed by atoms with Gasteiger partial charge >= 0.3 is 11.9 Å². The van der Waals surface area contributed by atoms with E-state index in [9.17, 15) is 9.59 Å². The maximum Gasteiger partial charge on any atom is 0.306 e. The summed E-state index contributed by atoms with van der Waals surface area (Å²) < 4.78 is 10.7. The highest BCUT2D eigenvalue weighted by Gasteiger charge is 2.26. The third-order valence-electron chi connectivity index (χ3n) is 9.77. The van der Waals surface area contributed by atoms with Crippen LogP contribution in [0.4, 0.5) is 0 Å². The van der Waals surface area contributed by atoms with Crippen molar-refractivity contribution < 1.29 is 19.1 Å². The maximum atomic E-state index is 12.1. The molecule has 0 aliphatic rings. The molecule has 0 aromatic rings. The molecule has 51 heavy (non-hydrogen) atoms. The van der Waals surface area contributed by atoms with Gasteiger partial charge in [0.15, 0.2) is 0 Å². The van der Waals surface area contributed by atoms with E-state index >= 15 is 0 Å². The van der Waals surface area contributed by atoms with Crippen LogP contribution in [0.5, 0.6) is 0 Å². The van der Waals surface area contributed by atoms with Crippen LogP contribution >= 0.6 is 0 Å². The molecule has 0 radical (unpaired) electrons. The van der Waals surface area contributed by atoms with E-state index in [-0.39, 0.29) is 17.5 Å². The summed E-state index contributed by atoms with van der Waals surface area (Å²) in [5.41, 5.74) is 6.95. The molecule has 300 valence electrons. The number of nitrogens with two attached hydrogens (primary N) is 1. The molecule has 0 heterocycles. The predicted octanol–water partition coefficient (Wildman–Crippen LogP) is 9.37. The monoisotopic (exact) mass is 721 g/mol. The first-order valence-corrected chi connectivity index (χ1v) is 21.2. The predicted molar refractivity (Wildman–Crippen MR) is 218 cm³/mol. The van der Waals surface area contributed by atoms with Crippen LogP contribution in [0.3, 0.4) is 0 Å². The van der Waals surface area contributed by atoms with Gasteiger partial charge < -0.3 is 30.3 Å². The van der Waals surface area contributed by atoms with Crippen molar-refractivity contribution in [1.29, 1.82) is 0 Å². The molecule has 0 atom stereocenters. The molecule has 8 nitrogen and oxygen atoms in total. The summed E-state index contributed by atoms with van der Waals surface area (Å²) in [7, 11) is 6.39. The van der Waals surface area contributed by atoms with Gasteiger partial charge in [0.25, 0.3) is 0 Å². The molecule has 0 amide bonds. The summed E-state index contributed by atoms with van der Waals surface area (Å²) in [5, 5.41) is 3.23. The van der Waals surface area contributed by atoms with E-state index in [0.29, 0.717) is 26.1 Å². The minimum absolute atomic E-state index is 0.0811. The maximum absolute atomic E-state index is 12.1. The van der Waals surface area contributed by atoms with Gasteiger partial charge in [-0.3, -0.25) is 9.59 Å². The molecule has 0 aromatic carbocycles. The number of rotatable bonds is 38. The largest absolute Gasteiger partial charge is 0.461 e.